The van der Waals surface area contributed by atoms with Crippen LogP contribution in [0.2, 0.25) is 0 Å². The quantitative estimate of drug-likeness (QED) is 0.0856. The molecule has 0 unspecified atom stereocenters. The van der Waals surface area contributed by atoms with E-state index in [1.54, 1.807) is 0 Å². The fourth-order valence-corrected chi connectivity index (χ4v) is 7.44. The van der Waals surface area contributed by atoms with Gasteiger partial charge in [0.25, 0.3) is 0 Å². The summed E-state index contributed by atoms with van der Waals surface area (Å²) in [5, 5.41) is 0. The lowest BCUT2D eigenvalue weighted by Gasteiger charge is -2.09. The Labute approximate surface area is 353 Å². The summed E-state index contributed by atoms with van der Waals surface area (Å²) in [6.45, 7) is 7.74. The minimum Gasteiger partial charge on any atom is -0.254 e. The molecule has 0 fully saturated rings. The molecule has 6 heterocycles. The van der Waals surface area contributed by atoms with Gasteiger partial charge in [0.15, 0.2) is 0 Å². The molecular formula is C54H48N6. The van der Waals surface area contributed by atoms with Crippen LogP contribution in [0.4, 0.5) is 0 Å². The lowest BCUT2D eigenvalue weighted by molar-refractivity contribution is 0.937. The van der Waals surface area contributed by atoms with Gasteiger partial charge in [0.1, 0.15) is 0 Å². The number of pyridine rings is 6. The minimum atomic E-state index is 0.867. The zero-order valence-corrected chi connectivity index (χ0v) is 33.9. The Balaban J connectivity index is 0.804. The molecule has 6 nitrogen and oxygen atoms in total. The standard InChI is InChI=1S/C54H48N6/c1-3-5-11-43-13-7-9-15-47(43)45-25-31-53(59-37-45)51-29-23-41(35-57-51)19-17-39-21-27-49(55-33-39)50-28-22-40(34-56-50)18-20-42-24-30-52(58-36-42)54-32-26-46(38-60-54)48-16-10-8-14-44(48)12-6-4-2/h3-4,7-10,13-16,21-38H,1-2,5-6,11-12,17-20H2. The topological polar surface area (TPSA) is 77.3 Å². The first-order valence-electron chi connectivity index (χ1n) is 20.7. The van der Waals surface area contributed by atoms with E-state index in [9.17, 15) is 0 Å². The van der Waals surface area contributed by atoms with E-state index in [1.807, 2.05) is 49.3 Å². The Hall–Kier alpha value is -7.18. The van der Waals surface area contributed by atoms with Gasteiger partial charge in [0.05, 0.1) is 34.2 Å². The Bertz CT molecular complexity index is 2440. The monoisotopic (exact) mass is 780 g/mol. The Morgan fingerprint density at radius 2 is 0.617 bits per heavy atom. The van der Waals surface area contributed by atoms with E-state index in [4.69, 9.17) is 29.9 Å². The number of allylic oxidation sites excluding steroid dienone is 2. The average molecular weight is 781 g/mol. The molecule has 0 aliphatic carbocycles. The van der Waals surface area contributed by atoms with Crippen molar-refractivity contribution in [1.82, 2.24) is 29.9 Å². The van der Waals surface area contributed by atoms with Crippen LogP contribution in [0.15, 0.2) is 184 Å². The van der Waals surface area contributed by atoms with Gasteiger partial charge in [-0.15, -0.1) is 13.2 Å². The van der Waals surface area contributed by atoms with E-state index in [0.29, 0.717) is 0 Å². The van der Waals surface area contributed by atoms with Crippen LogP contribution >= 0.6 is 0 Å². The summed E-state index contributed by atoms with van der Waals surface area (Å²) in [5.41, 5.74) is 17.2. The van der Waals surface area contributed by atoms with Gasteiger partial charge in [0, 0.05) is 48.3 Å². The van der Waals surface area contributed by atoms with Gasteiger partial charge >= 0.3 is 0 Å². The number of rotatable bonds is 17. The molecule has 0 radical (unpaired) electrons. The Morgan fingerprint density at radius 3 is 0.883 bits per heavy atom. The Morgan fingerprint density at radius 1 is 0.317 bits per heavy atom. The van der Waals surface area contributed by atoms with E-state index in [1.165, 1.54) is 44.5 Å². The summed E-state index contributed by atoms with van der Waals surface area (Å²) >= 11 is 0. The second-order valence-corrected chi connectivity index (χ2v) is 15.0. The van der Waals surface area contributed by atoms with Crippen molar-refractivity contribution in [1.29, 1.82) is 0 Å². The number of nitrogens with zero attached hydrogens (tertiary/aromatic N) is 6. The van der Waals surface area contributed by atoms with E-state index in [0.717, 1.165) is 96.7 Å². The highest BCUT2D eigenvalue weighted by Crippen LogP contribution is 2.28. The number of hydrogen-bond acceptors (Lipinski definition) is 6. The summed E-state index contributed by atoms with van der Waals surface area (Å²) in [6, 6.07) is 42.2. The zero-order valence-electron chi connectivity index (χ0n) is 33.9. The summed E-state index contributed by atoms with van der Waals surface area (Å²) in [4.78, 5) is 28.5. The van der Waals surface area contributed by atoms with Crippen molar-refractivity contribution in [3.8, 4) is 56.4 Å². The van der Waals surface area contributed by atoms with Gasteiger partial charge in [-0.1, -0.05) is 97.1 Å². The van der Waals surface area contributed by atoms with E-state index < -0.39 is 0 Å². The predicted molar refractivity (Wildman–Crippen MR) is 245 cm³/mol. The Kier molecular flexibility index (Phi) is 12.9. The van der Waals surface area contributed by atoms with Gasteiger partial charge in [-0.3, -0.25) is 29.9 Å². The molecule has 60 heavy (non-hydrogen) atoms. The highest BCUT2D eigenvalue weighted by molar-refractivity contribution is 5.70. The molecule has 6 aromatic heterocycles. The van der Waals surface area contributed by atoms with Crippen LogP contribution in [0.25, 0.3) is 56.4 Å². The second-order valence-electron chi connectivity index (χ2n) is 15.0. The van der Waals surface area contributed by atoms with Gasteiger partial charge in [-0.2, -0.15) is 0 Å². The van der Waals surface area contributed by atoms with Gasteiger partial charge < -0.3 is 0 Å². The molecular weight excluding hydrogens is 733 g/mol. The van der Waals surface area contributed by atoms with Crippen molar-refractivity contribution in [2.75, 3.05) is 0 Å². The highest BCUT2D eigenvalue weighted by atomic mass is 14.8. The average Bonchev–Trinajstić information content (AvgIpc) is 3.32. The van der Waals surface area contributed by atoms with Crippen LogP contribution in [0, 0.1) is 0 Å². The molecule has 8 aromatic rings. The summed E-state index contributed by atoms with van der Waals surface area (Å²) in [7, 11) is 0. The smallest absolute Gasteiger partial charge is 0.0886 e. The molecule has 0 aliphatic rings. The highest BCUT2D eigenvalue weighted by Gasteiger charge is 2.10. The molecule has 294 valence electrons. The van der Waals surface area contributed by atoms with Crippen molar-refractivity contribution in [3.63, 3.8) is 0 Å². The fourth-order valence-electron chi connectivity index (χ4n) is 7.44. The maximum atomic E-state index is 4.75. The maximum absolute atomic E-state index is 4.75. The van der Waals surface area contributed by atoms with Crippen LogP contribution in [-0.2, 0) is 38.5 Å². The SMILES string of the molecule is C=CCCc1ccccc1-c1ccc(-c2ccc(CCc3ccc(-c4ccc(CCc5ccc(-c6ccc(-c7ccccc7CCC=C)cn6)nc5)cn4)nc3)cn2)nc1. The molecule has 0 N–H and O–H groups in total. The van der Waals surface area contributed by atoms with Crippen LogP contribution in [0.1, 0.15) is 46.2 Å². The van der Waals surface area contributed by atoms with Gasteiger partial charge in [-0.05, 0) is 132 Å². The minimum absolute atomic E-state index is 0.867. The van der Waals surface area contributed by atoms with Crippen LogP contribution < -0.4 is 0 Å². The first-order chi connectivity index (χ1) is 29.6. The molecule has 8 rings (SSSR count). The predicted octanol–water partition coefficient (Wildman–Crippen LogP) is 12.2. The first kappa shape index (κ1) is 39.6. The summed E-state index contributed by atoms with van der Waals surface area (Å²) < 4.78 is 0. The molecule has 0 aliphatic heterocycles. The molecule has 2 aromatic carbocycles. The third-order valence-electron chi connectivity index (χ3n) is 10.9. The lowest BCUT2D eigenvalue weighted by atomic mass is 9.97. The largest absolute Gasteiger partial charge is 0.254 e. The molecule has 0 saturated heterocycles. The maximum Gasteiger partial charge on any atom is 0.0886 e. The molecule has 0 amide bonds. The number of hydrogen-bond donors (Lipinski definition) is 0. The summed E-state index contributed by atoms with van der Waals surface area (Å²) in [5.74, 6) is 0. The number of aryl methyl sites for hydroxylation is 6. The van der Waals surface area contributed by atoms with Gasteiger partial charge in [0.2, 0.25) is 0 Å². The second kappa shape index (κ2) is 19.5. The fraction of sp³-hybridized carbons (Fsp3) is 0.148. The lowest BCUT2D eigenvalue weighted by Crippen LogP contribution is -1.97. The molecule has 6 heteroatoms. The van der Waals surface area contributed by atoms with Gasteiger partial charge in [-0.25, -0.2) is 0 Å². The van der Waals surface area contributed by atoms with Crippen molar-refractivity contribution in [2.24, 2.45) is 0 Å². The van der Waals surface area contributed by atoms with Crippen LogP contribution in [0.3, 0.4) is 0 Å². The van der Waals surface area contributed by atoms with Crippen molar-refractivity contribution in [2.45, 2.75) is 51.4 Å². The number of aromatic nitrogens is 6. The molecule has 0 atom stereocenters. The van der Waals surface area contributed by atoms with Crippen molar-refractivity contribution < 1.29 is 0 Å². The zero-order chi connectivity index (χ0) is 40.9. The van der Waals surface area contributed by atoms with Crippen molar-refractivity contribution in [3.05, 3.63) is 217 Å². The molecule has 0 saturated carbocycles. The third-order valence-corrected chi connectivity index (χ3v) is 10.9. The van der Waals surface area contributed by atoms with Crippen LogP contribution in [0.5, 0.6) is 0 Å². The molecule has 0 spiro atoms. The third kappa shape index (κ3) is 9.91. The van der Waals surface area contributed by atoms with E-state index in [2.05, 4.69) is 134 Å². The van der Waals surface area contributed by atoms with E-state index >= 15 is 0 Å². The molecule has 0 bridgehead atoms. The summed E-state index contributed by atoms with van der Waals surface area (Å²) in [6.07, 6.45) is 23.0. The number of benzene rings is 2. The van der Waals surface area contributed by atoms with E-state index in [-0.39, 0.29) is 0 Å². The normalized spacial score (nSPS) is 11.0. The first-order valence-corrected chi connectivity index (χ1v) is 20.7. The van der Waals surface area contributed by atoms with Crippen LogP contribution in [-0.4, -0.2) is 29.9 Å². The van der Waals surface area contributed by atoms with Crippen molar-refractivity contribution >= 4 is 0 Å².